The Kier molecular flexibility index (Phi) is 5.55. The van der Waals surface area contributed by atoms with Crippen molar-refractivity contribution in [2.75, 3.05) is 5.32 Å². The number of anilines is 1. The molecule has 0 radical (unpaired) electrons. The number of para-hydroxylation sites is 1. The zero-order valence-corrected chi connectivity index (χ0v) is 15.2. The molecule has 3 aromatic rings. The van der Waals surface area contributed by atoms with Gasteiger partial charge < -0.3 is 10.1 Å². The molecule has 0 aromatic heterocycles. The monoisotopic (exact) mass is 381 g/mol. The number of halogens is 1. The average Bonchev–Trinajstić information content (AvgIpc) is 2.61. The van der Waals surface area contributed by atoms with Crippen molar-refractivity contribution in [1.29, 1.82) is 0 Å². The minimum atomic E-state index is 0.570. The van der Waals surface area contributed by atoms with Crippen molar-refractivity contribution < 1.29 is 4.74 Å². The molecule has 0 unspecified atom stereocenters. The van der Waals surface area contributed by atoms with Gasteiger partial charge in [-0.05, 0) is 42.8 Å². The molecule has 0 amide bonds. The first kappa shape index (κ1) is 16.6. The third kappa shape index (κ3) is 4.62. The summed E-state index contributed by atoms with van der Waals surface area (Å²) in [7, 11) is 0. The molecule has 0 saturated carbocycles. The highest BCUT2D eigenvalue weighted by atomic mass is 79.9. The fourth-order valence-corrected chi connectivity index (χ4v) is 2.83. The van der Waals surface area contributed by atoms with Gasteiger partial charge in [-0.2, -0.15) is 0 Å². The average molecular weight is 382 g/mol. The van der Waals surface area contributed by atoms with E-state index in [1.807, 2.05) is 30.3 Å². The fourth-order valence-electron chi connectivity index (χ4n) is 2.43. The van der Waals surface area contributed by atoms with Crippen LogP contribution in [0.2, 0.25) is 0 Å². The zero-order valence-electron chi connectivity index (χ0n) is 13.6. The molecule has 0 bridgehead atoms. The van der Waals surface area contributed by atoms with Gasteiger partial charge in [0.15, 0.2) is 0 Å². The summed E-state index contributed by atoms with van der Waals surface area (Å²) in [6.45, 7) is 3.37. The number of nitrogens with one attached hydrogen (secondary N) is 1. The molecular weight excluding hydrogens is 362 g/mol. The maximum Gasteiger partial charge on any atom is 0.124 e. The van der Waals surface area contributed by atoms with Gasteiger partial charge in [-0.3, -0.25) is 0 Å². The van der Waals surface area contributed by atoms with Gasteiger partial charge in [-0.15, -0.1) is 0 Å². The van der Waals surface area contributed by atoms with Crippen molar-refractivity contribution in [2.24, 2.45) is 0 Å². The molecule has 0 aliphatic rings. The van der Waals surface area contributed by atoms with Crippen LogP contribution in [-0.4, -0.2) is 0 Å². The zero-order chi connectivity index (χ0) is 16.8. The minimum Gasteiger partial charge on any atom is -0.489 e. The third-order valence-corrected chi connectivity index (χ3v) is 4.29. The Bertz CT molecular complexity index is 785. The molecule has 3 aromatic carbocycles. The van der Waals surface area contributed by atoms with Crippen molar-refractivity contribution in [2.45, 2.75) is 20.1 Å². The number of ether oxygens (including phenoxy) is 1. The SMILES string of the molecule is Cc1ccc(COc2ccc(Br)cc2CNc2ccccc2)cc1. The van der Waals surface area contributed by atoms with Gasteiger partial charge in [0.05, 0.1) is 0 Å². The Morgan fingerprint density at radius 1 is 0.917 bits per heavy atom. The summed E-state index contributed by atoms with van der Waals surface area (Å²) in [6.07, 6.45) is 0. The van der Waals surface area contributed by atoms with Crippen LogP contribution in [0.1, 0.15) is 16.7 Å². The van der Waals surface area contributed by atoms with Crippen LogP contribution in [0.5, 0.6) is 5.75 Å². The first-order valence-corrected chi connectivity index (χ1v) is 8.76. The number of hydrogen-bond donors (Lipinski definition) is 1. The van der Waals surface area contributed by atoms with E-state index in [2.05, 4.69) is 70.6 Å². The smallest absolute Gasteiger partial charge is 0.124 e. The summed E-state index contributed by atoms with van der Waals surface area (Å²) in [4.78, 5) is 0. The summed E-state index contributed by atoms with van der Waals surface area (Å²) < 4.78 is 7.10. The summed E-state index contributed by atoms with van der Waals surface area (Å²) in [5.41, 5.74) is 4.66. The lowest BCUT2D eigenvalue weighted by atomic mass is 10.1. The van der Waals surface area contributed by atoms with Gasteiger partial charge in [-0.25, -0.2) is 0 Å². The quantitative estimate of drug-likeness (QED) is 0.569. The Hall–Kier alpha value is -2.26. The van der Waals surface area contributed by atoms with Crippen LogP contribution in [0, 0.1) is 6.92 Å². The highest BCUT2D eigenvalue weighted by Crippen LogP contribution is 2.25. The van der Waals surface area contributed by atoms with Crippen molar-refractivity contribution in [3.05, 3.63) is 94.0 Å². The van der Waals surface area contributed by atoms with E-state index < -0.39 is 0 Å². The molecular formula is C21H20BrNO. The molecule has 0 heterocycles. The molecule has 0 atom stereocenters. The summed E-state index contributed by atoms with van der Waals surface area (Å²) in [5.74, 6) is 0.905. The number of hydrogen-bond acceptors (Lipinski definition) is 2. The van der Waals surface area contributed by atoms with E-state index in [4.69, 9.17) is 4.74 Å². The maximum absolute atomic E-state index is 6.05. The normalized spacial score (nSPS) is 10.4. The molecule has 0 aliphatic heterocycles. The Labute approximate surface area is 151 Å². The Morgan fingerprint density at radius 2 is 1.67 bits per heavy atom. The summed E-state index contributed by atoms with van der Waals surface area (Å²) in [5, 5.41) is 3.43. The van der Waals surface area contributed by atoms with Gasteiger partial charge in [-0.1, -0.05) is 64.0 Å². The van der Waals surface area contributed by atoms with Crippen molar-refractivity contribution in [3.63, 3.8) is 0 Å². The lowest BCUT2D eigenvalue weighted by molar-refractivity contribution is 0.303. The molecule has 3 heteroatoms. The van der Waals surface area contributed by atoms with Crippen LogP contribution in [0.15, 0.2) is 77.3 Å². The van der Waals surface area contributed by atoms with E-state index in [0.29, 0.717) is 13.2 Å². The van der Waals surface area contributed by atoms with Gasteiger partial charge >= 0.3 is 0 Å². The third-order valence-electron chi connectivity index (χ3n) is 3.79. The number of aryl methyl sites for hydroxylation is 1. The largest absolute Gasteiger partial charge is 0.489 e. The first-order valence-electron chi connectivity index (χ1n) is 7.96. The van der Waals surface area contributed by atoms with Crippen LogP contribution in [0.4, 0.5) is 5.69 Å². The van der Waals surface area contributed by atoms with E-state index >= 15 is 0 Å². The van der Waals surface area contributed by atoms with Crippen LogP contribution in [0.3, 0.4) is 0 Å². The molecule has 0 aliphatic carbocycles. The standard InChI is InChI=1S/C21H20BrNO/c1-16-7-9-17(10-8-16)15-24-21-12-11-19(22)13-18(21)14-23-20-5-3-2-4-6-20/h2-13,23H,14-15H2,1H3. The van der Waals surface area contributed by atoms with Gasteiger partial charge in [0.1, 0.15) is 12.4 Å². The van der Waals surface area contributed by atoms with E-state index in [9.17, 15) is 0 Å². The molecule has 1 N–H and O–H groups in total. The molecule has 3 rings (SSSR count). The highest BCUT2D eigenvalue weighted by Gasteiger charge is 2.06. The first-order chi connectivity index (χ1) is 11.7. The summed E-state index contributed by atoms with van der Waals surface area (Å²) >= 11 is 3.54. The van der Waals surface area contributed by atoms with Crippen LogP contribution >= 0.6 is 15.9 Å². The highest BCUT2D eigenvalue weighted by molar-refractivity contribution is 9.10. The number of benzene rings is 3. The van der Waals surface area contributed by atoms with E-state index in [0.717, 1.165) is 21.5 Å². The fraction of sp³-hybridized carbons (Fsp3) is 0.143. The molecule has 122 valence electrons. The number of rotatable bonds is 6. The molecule has 0 spiro atoms. The van der Waals surface area contributed by atoms with Crippen molar-refractivity contribution in [1.82, 2.24) is 0 Å². The lowest BCUT2D eigenvalue weighted by Crippen LogP contribution is -2.04. The van der Waals surface area contributed by atoms with Crippen LogP contribution in [-0.2, 0) is 13.2 Å². The predicted molar refractivity (Wildman–Crippen MR) is 103 cm³/mol. The molecule has 2 nitrogen and oxygen atoms in total. The second-order valence-electron chi connectivity index (χ2n) is 5.75. The lowest BCUT2D eigenvalue weighted by Gasteiger charge is -2.14. The van der Waals surface area contributed by atoms with Crippen molar-refractivity contribution in [3.8, 4) is 5.75 Å². The second-order valence-corrected chi connectivity index (χ2v) is 6.66. The minimum absolute atomic E-state index is 0.570. The Morgan fingerprint density at radius 3 is 2.42 bits per heavy atom. The van der Waals surface area contributed by atoms with E-state index in [-0.39, 0.29) is 0 Å². The van der Waals surface area contributed by atoms with Gasteiger partial charge in [0.25, 0.3) is 0 Å². The molecule has 0 saturated heterocycles. The van der Waals surface area contributed by atoms with Gasteiger partial charge in [0.2, 0.25) is 0 Å². The molecule has 0 fully saturated rings. The van der Waals surface area contributed by atoms with E-state index in [1.54, 1.807) is 0 Å². The Balaban J connectivity index is 1.69. The van der Waals surface area contributed by atoms with Crippen LogP contribution in [0.25, 0.3) is 0 Å². The van der Waals surface area contributed by atoms with E-state index in [1.165, 1.54) is 11.1 Å². The van der Waals surface area contributed by atoms with Crippen molar-refractivity contribution >= 4 is 21.6 Å². The van der Waals surface area contributed by atoms with Gasteiger partial charge in [0, 0.05) is 22.3 Å². The maximum atomic E-state index is 6.05. The summed E-state index contributed by atoms with van der Waals surface area (Å²) in [6, 6.07) is 24.7. The topological polar surface area (TPSA) is 21.3 Å². The predicted octanol–water partition coefficient (Wildman–Crippen LogP) is 5.95. The second kappa shape index (κ2) is 8.02. The molecule has 24 heavy (non-hydrogen) atoms. The van der Waals surface area contributed by atoms with Crippen LogP contribution < -0.4 is 10.1 Å².